The zero-order valence-corrected chi connectivity index (χ0v) is 29.9. The molecule has 0 saturated carbocycles. The van der Waals surface area contributed by atoms with E-state index in [1.807, 2.05) is 0 Å². The van der Waals surface area contributed by atoms with Crippen LogP contribution in [0.3, 0.4) is 0 Å². The quantitative estimate of drug-likeness (QED) is 0.132. The highest BCUT2D eigenvalue weighted by molar-refractivity contribution is 6.35. The Bertz CT molecular complexity index is 3480. The van der Waals surface area contributed by atoms with Gasteiger partial charge in [0.15, 0.2) is 0 Å². The number of rotatable bonds is 3. The summed E-state index contributed by atoms with van der Waals surface area (Å²) in [7, 11) is 0. The molecule has 0 N–H and O–H groups in total. The third-order valence-corrected chi connectivity index (χ3v) is 11.8. The van der Waals surface area contributed by atoms with E-state index in [0.717, 1.165) is 16.6 Å². The standard InChI is InChI=1S/C54H32O/c1-2-16-33(17-3-1)50-42-25-11-13-27-44(42)51(45-28-14-12-26-43(45)50)46-31-30-39(34-18-4-5-19-35(34)46)48-32-49-52(40-23-9-7-22-38(40)48)53-41-24-10-6-20-36(41)37-21-8-15-29-47(37)54(53)55-49/h1-32H. The molecular weight excluding hydrogens is 665 g/mol. The van der Waals surface area contributed by atoms with Gasteiger partial charge in [0.2, 0.25) is 0 Å². The van der Waals surface area contributed by atoms with Crippen LogP contribution in [0.25, 0.3) is 120 Å². The fourth-order valence-electron chi connectivity index (χ4n) is 9.57. The maximum Gasteiger partial charge on any atom is 0.143 e. The first-order valence-corrected chi connectivity index (χ1v) is 19.0. The number of hydrogen-bond donors (Lipinski definition) is 0. The van der Waals surface area contributed by atoms with Crippen LogP contribution in [0.15, 0.2) is 199 Å². The summed E-state index contributed by atoms with van der Waals surface area (Å²) in [5.74, 6) is 0. The predicted octanol–water partition coefficient (Wildman–Crippen LogP) is 15.5. The van der Waals surface area contributed by atoms with Crippen molar-refractivity contribution in [2.24, 2.45) is 0 Å². The zero-order chi connectivity index (χ0) is 36.0. The smallest absolute Gasteiger partial charge is 0.143 e. The molecule has 0 saturated heterocycles. The Hall–Kier alpha value is -7.22. The van der Waals surface area contributed by atoms with Crippen molar-refractivity contribution in [3.63, 3.8) is 0 Å². The van der Waals surface area contributed by atoms with Crippen molar-refractivity contribution < 1.29 is 4.42 Å². The largest absolute Gasteiger partial charge is 0.455 e. The van der Waals surface area contributed by atoms with Gasteiger partial charge in [-0.1, -0.05) is 188 Å². The van der Waals surface area contributed by atoms with Gasteiger partial charge < -0.3 is 4.42 Å². The van der Waals surface area contributed by atoms with E-state index in [1.54, 1.807) is 0 Å². The van der Waals surface area contributed by atoms with E-state index in [0.29, 0.717) is 0 Å². The van der Waals surface area contributed by atoms with Crippen molar-refractivity contribution in [1.82, 2.24) is 0 Å². The predicted molar refractivity (Wildman–Crippen MR) is 235 cm³/mol. The highest BCUT2D eigenvalue weighted by Crippen LogP contribution is 2.49. The van der Waals surface area contributed by atoms with E-state index in [9.17, 15) is 0 Å². The minimum absolute atomic E-state index is 0.909. The first-order valence-electron chi connectivity index (χ1n) is 19.0. The molecule has 1 heterocycles. The Morgan fingerprint density at radius 2 is 0.655 bits per heavy atom. The first-order chi connectivity index (χ1) is 27.3. The summed E-state index contributed by atoms with van der Waals surface area (Å²) in [5, 5.41) is 17.1. The third-order valence-electron chi connectivity index (χ3n) is 11.8. The molecule has 0 radical (unpaired) electrons. The second-order valence-electron chi connectivity index (χ2n) is 14.7. The number of furan rings is 1. The van der Waals surface area contributed by atoms with Gasteiger partial charge in [-0.2, -0.15) is 0 Å². The fraction of sp³-hybridized carbons (Fsp3) is 0. The van der Waals surface area contributed by atoms with Gasteiger partial charge in [0, 0.05) is 16.2 Å². The summed E-state index contributed by atoms with van der Waals surface area (Å²) in [4.78, 5) is 0. The van der Waals surface area contributed by atoms with Gasteiger partial charge in [0.25, 0.3) is 0 Å². The van der Waals surface area contributed by atoms with Gasteiger partial charge >= 0.3 is 0 Å². The van der Waals surface area contributed by atoms with E-state index in [-0.39, 0.29) is 0 Å². The summed E-state index contributed by atoms with van der Waals surface area (Å²) in [6.45, 7) is 0. The van der Waals surface area contributed by atoms with Gasteiger partial charge in [-0.05, 0) is 98.7 Å². The van der Waals surface area contributed by atoms with Crippen LogP contribution in [0.1, 0.15) is 0 Å². The summed E-state index contributed by atoms with van der Waals surface area (Å²) >= 11 is 0. The molecule has 1 nitrogen and oxygen atoms in total. The van der Waals surface area contributed by atoms with Crippen molar-refractivity contribution in [3.8, 4) is 33.4 Å². The van der Waals surface area contributed by atoms with Crippen LogP contribution in [-0.2, 0) is 0 Å². The maximum absolute atomic E-state index is 6.99. The molecule has 0 fully saturated rings. The van der Waals surface area contributed by atoms with E-state index < -0.39 is 0 Å². The van der Waals surface area contributed by atoms with Crippen LogP contribution in [0.5, 0.6) is 0 Å². The minimum Gasteiger partial charge on any atom is -0.455 e. The van der Waals surface area contributed by atoms with Gasteiger partial charge in [0.05, 0.1) is 0 Å². The van der Waals surface area contributed by atoms with Crippen molar-refractivity contribution in [2.45, 2.75) is 0 Å². The lowest BCUT2D eigenvalue weighted by atomic mass is 9.83. The molecule has 0 bridgehead atoms. The highest BCUT2D eigenvalue weighted by atomic mass is 16.3. The van der Waals surface area contributed by atoms with Crippen LogP contribution < -0.4 is 0 Å². The summed E-state index contributed by atoms with van der Waals surface area (Å²) in [5.41, 5.74) is 9.24. The monoisotopic (exact) mass is 696 g/mol. The second kappa shape index (κ2) is 11.6. The molecule has 0 spiro atoms. The Labute approximate surface area is 317 Å². The Morgan fingerprint density at radius 3 is 1.25 bits per heavy atom. The van der Waals surface area contributed by atoms with Crippen molar-refractivity contribution in [3.05, 3.63) is 194 Å². The van der Waals surface area contributed by atoms with Crippen molar-refractivity contribution >= 4 is 86.6 Å². The Morgan fingerprint density at radius 1 is 0.255 bits per heavy atom. The molecule has 1 heteroatoms. The third kappa shape index (κ3) is 4.30. The molecule has 1 aromatic heterocycles. The number of benzene rings is 11. The molecule has 0 aliphatic carbocycles. The number of hydrogen-bond acceptors (Lipinski definition) is 1. The average Bonchev–Trinajstić information content (AvgIpc) is 3.66. The van der Waals surface area contributed by atoms with Crippen molar-refractivity contribution in [2.75, 3.05) is 0 Å². The molecule has 254 valence electrons. The van der Waals surface area contributed by atoms with Crippen LogP contribution in [0.4, 0.5) is 0 Å². The second-order valence-corrected chi connectivity index (χ2v) is 14.7. The normalized spacial score (nSPS) is 12.0. The van der Waals surface area contributed by atoms with Gasteiger partial charge in [-0.15, -0.1) is 0 Å². The van der Waals surface area contributed by atoms with Crippen LogP contribution >= 0.6 is 0 Å². The molecule has 12 aromatic rings. The SMILES string of the molecule is c1ccc(-c2c3ccccc3c(-c3ccc(-c4cc5oc6c7ccccc7c7ccccc7c6c5c5ccccc45)c4ccccc34)c3ccccc23)cc1. The van der Waals surface area contributed by atoms with Crippen LogP contribution in [0.2, 0.25) is 0 Å². The summed E-state index contributed by atoms with van der Waals surface area (Å²) in [6.07, 6.45) is 0. The molecule has 0 aliphatic heterocycles. The lowest BCUT2D eigenvalue weighted by molar-refractivity contribution is 0.673. The van der Waals surface area contributed by atoms with Gasteiger partial charge in [-0.25, -0.2) is 0 Å². The molecule has 12 rings (SSSR count). The average molecular weight is 697 g/mol. The molecule has 0 amide bonds. The minimum atomic E-state index is 0.909. The highest BCUT2D eigenvalue weighted by Gasteiger charge is 2.22. The van der Waals surface area contributed by atoms with Crippen molar-refractivity contribution in [1.29, 1.82) is 0 Å². The fourth-order valence-corrected chi connectivity index (χ4v) is 9.57. The van der Waals surface area contributed by atoms with E-state index in [2.05, 4.69) is 194 Å². The van der Waals surface area contributed by atoms with E-state index >= 15 is 0 Å². The molecular formula is C54H32O. The number of fused-ring (bicyclic) bond motifs is 13. The molecule has 11 aromatic carbocycles. The lowest BCUT2D eigenvalue weighted by Crippen LogP contribution is -1.92. The molecule has 0 atom stereocenters. The molecule has 0 unspecified atom stereocenters. The van der Waals surface area contributed by atoms with Crippen LogP contribution in [0, 0.1) is 0 Å². The molecule has 0 aliphatic rings. The Balaban J connectivity index is 1.17. The van der Waals surface area contributed by atoms with Gasteiger partial charge in [-0.3, -0.25) is 0 Å². The lowest BCUT2D eigenvalue weighted by Gasteiger charge is -2.20. The van der Waals surface area contributed by atoms with E-state index in [1.165, 1.54) is 103 Å². The Kier molecular flexibility index (Phi) is 6.40. The van der Waals surface area contributed by atoms with E-state index in [4.69, 9.17) is 4.42 Å². The maximum atomic E-state index is 6.99. The van der Waals surface area contributed by atoms with Gasteiger partial charge in [0.1, 0.15) is 11.2 Å². The topological polar surface area (TPSA) is 13.1 Å². The zero-order valence-electron chi connectivity index (χ0n) is 29.9. The van der Waals surface area contributed by atoms with Crippen LogP contribution in [-0.4, -0.2) is 0 Å². The molecule has 55 heavy (non-hydrogen) atoms. The first kappa shape index (κ1) is 30.3. The summed E-state index contributed by atoms with van der Waals surface area (Å²) < 4.78 is 6.99. The summed E-state index contributed by atoms with van der Waals surface area (Å²) in [6, 6.07) is 70.8.